The van der Waals surface area contributed by atoms with Crippen molar-refractivity contribution in [3.05, 3.63) is 0 Å². The Labute approximate surface area is 67.1 Å². The van der Waals surface area contributed by atoms with E-state index >= 15 is 0 Å². The Kier molecular flexibility index (Phi) is 2.51. The fraction of sp³-hybridized carbons (Fsp3) is 1.00. The minimum atomic E-state index is -3.10. The summed E-state index contributed by atoms with van der Waals surface area (Å²) in [5.41, 5.74) is 5.47. The number of nitrogens with two attached hydrogens (primary N) is 1. The summed E-state index contributed by atoms with van der Waals surface area (Å²) in [7, 11) is -3.10. The van der Waals surface area contributed by atoms with E-state index in [4.69, 9.17) is 5.73 Å². The number of rotatable bonds is 2. The molecule has 0 spiro atoms. The Balaban J connectivity index is 2.60. The lowest BCUT2D eigenvalue weighted by Gasteiger charge is -2.15. The second-order valence-electron chi connectivity index (χ2n) is 2.91. The van der Waals surface area contributed by atoms with E-state index in [9.17, 15) is 8.42 Å². The summed E-state index contributed by atoms with van der Waals surface area (Å²) in [6.45, 7) is 0.758. The van der Waals surface area contributed by atoms with Crippen molar-refractivity contribution < 1.29 is 8.42 Å². The Bertz CT molecular complexity index is 219. The van der Waals surface area contributed by atoms with Gasteiger partial charge >= 0.3 is 0 Å². The van der Waals surface area contributed by atoms with Gasteiger partial charge < -0.3 is 5.73 Å². The molecule has 1 saturated heterocycles. The van der Waals surface area contributed by atoms with Crippen molar-refractivity contribution in [1.29, 1.82) is 0 Å². The summed E-state index contributed by atoms with van der Waals surface area (Å²) < 4.78 is 21.9. The summed E-state index contributed by atoms with van der Waals surface area (Å²) in [6, 6.07) is -0.162. The highest BCUT2D eigenvalue weighted by Crippen LogP contribution is 2.12. The summed E-state index contributed by atoms with van der Waals surface area (Å²) in [5.74, 6) is 0. The molecule has 1 aliphatic rings. The highest BCUT2D eigenvalue weighted by atomic mass is 32.2. The predicted octanol–water partition coefficient (Wildman–Crippen LogP) is -0.917. The summed E-state index contributed by atoms with van der Waals surface area (Å²) in [5, 5.41) is 3.31. The fourth-order valence-corrected chi connectivity index (χ4v) is 2.00. The van der Waals surface area contributed by atoms with Crippen molar-refractivity contribution >= 4 is 9.84 Å². The Morgan fingerprint density at radius 2 is 2.27 bits per heavy atom. The van der Waals surface area contributed by atoms with Crippen LogP contribution in [-0.2, 0) is 9.84 Å². The fourth-order valence-electron chi connectivity index (χ4n) is 1.20. The van der Waals surface area contributed by atoms with Crippen molar-refractivity contribution in [3.63, 3.8) is 0 Å². The molecule has 0 aromatic carbocycles. The van der Waals surface area contributed by atoms with E-state index in [-0.39, 0.29) is 6.04 Å². The van der Waals surface area contributed by atoms with E-state index in [0.29, 0.717) is 0 Å². The van der Waals surface area contributed by atoms with Crippen LogP contribution in [0.2, 0.25) is 0 Å². The maximum Gasteiger partial charge on any atom is 0.164 e. The topological polar surface area (TPSA) is 74.3 Å². The Hall–Kier alpha value is -0.130. The highest BCUT2D eigenvalue weighted by Gasteiger charge is 2.29. The van der Waals surface area contributed by atoms with Crippen molar-refractivity contribution in [2.75, 3.05) is 12.8 Å². The minimum Gasteiger partial charge on any atom is -0.314 e. The van der Waals surface area contributed by atoms with Gasteiger partial charge in [-0.25, -0.2) is 13.7 Å². The van der Waals surface area contributed by atoms with Crippen LogP contribution in [0.15, 0.2) is 0 Å². The van der Waals surface area contributed by atoms with E-state index in [0.717, 1.165) is 25.6 Å². The quantitative estimate of drug-likeness (QED) is 0.593. The average molecular weight is 177 g/mol. The third-order valence-electron chi connectivity index (χ3n) is 1.90. The molecular formula is C6H13N2O2S. The van der Waals surface area contributed by atoms with E-state index in [1.807, 2.05) is 0 Å². The first-order chi connectivity index (χ1) is 5.02. The van der Waals surface area contributed by atoms with Gasteiger partial charge in [0.25, 0.3) is 0 Å². The molecule has 1 fully saturated rings. The zero-order valence-corrected chi connectivity index (χ0v) is 7.34. The van der Waals surface area contributed by atoms with Gasteiger partial charge in [-0.15, -0.1) is 0 Å². The highest BCUT2D eigenvalue weighted by molar-refractivity contribution is 7.91. The first-order valence-electron chi connectivity index (χ1n) is 3.63. The van der Waals surface area contributed by atoms with Crippen LogP contribution in [0.25, 0.3) is 0 Å². The van der Waals surface area contributed by atoms with Gasteiger partial charge in [0.2, 0.25) is 0 Å². The molecule has 0 aliphatic carbocycles. The first kappa shape index (κ1) is 8.96. The number of hydrogen-bond acceptors (Lipinski definition) is 3. The van der Waals surface area contributed by atoms with Crippen LogP contribution in [0, 0.1) is 0 Å². The largest absolute Gasteiger partial charge is 0.314 e. The predicted molar refractivity (Wildman–Crippen MR) is 42.8 cm³/mol. The van der Waals surface area contributed by atoms with Crippen LogP contribution >= 0.6 is 0 Å². The first-order valence-corrected chi connectivity index (χ1v) is 5.58. The maximum atomic E-state index is 10.9. The van der Waals surface area contributed by atoms with Gasteiger partial charge in [0.15, 0.2) is 9.84 Å². The van der Waals surface area contributed by atoms with Crippen molar-refractivity contribution in [2.45, 2.75) is 24.3 Å². The van der Waals surface area contributed by atoms with Gasteiger partial charge in [-0.2, -0.15) is 0 Å². The van der Waals surface area contributed by atoms with Crippen LogP contribution in [0.5, 0.6) is 0 Å². The molecule has 65 valence electrons. The molecule has 0 amide bonds. The molecule has 5 heteroatoms. The van der Waals surface area contributed by atoms with Crippen molar-refractivity contribution in [1.82, 2.24) is 5.32 Å². The van der Waals surface area contributed by atoms with E-state index < -0.39 is 15.2 Å². The van der Waals surface area contributed by atoms with E-state index in [1.165, 1.54) is 0 Å². The average Bonchev–Trinajstić information content (AvgIpc) is 2.34. The molecule has 1 heterocycles. The van der Waals surface area contributed by atoms with Gasteiger partial charge in [0.1, 0.15) is 5.37 Å². The van der Waals surface area contributed by atoms with Crippen LogP contribution < -0.4 is 11.1 Å². The molecule has 4 nitrogen and oxygen atoms in total. The lowest BCUT2D eigenvalue weighted by molar-refractivity contribution is 0.527. The third-order valence-corrected chi connectivity index (χ3v) is 3.20. The Morgan fingerprint density at radius 3 is 2.64 bits per heavy atom. The Morgan fingerprint density at radius 1 is 1.64 bits per heavy atom. The summed E-state index contributed by atoms with van der Waals surface area (Å²) >= 11 is 0. The molecule has 1 rings (SSSR count). The molecule has 0 aromatic rings. The smallest absolute Gasteiger partial charge is 0.164 e. The molecule has 1 unspecified atom stereocenters. The van der Waals surface area contributed by atoms with Crippen LogP contribution in [-0.4, -0.2) is 32.6 Å². The molecule has 1 aliphatic heterocycles. The third kappa shape index (κ3) is 2.15. The number of nitrogens with zero attached hydrogens (tertiary/aromatic N) is 1. The molecule has 2 N–H and O–H groups in total. The second kappa shape index (κ2) is 3.08. The zero-order valence-electron chi connectivity index (χ0n) is 6.53. The van der Waals surface area contributed by atoms with Gasteiger partial charge in [-0.1, -0.05) is 0 Å². The lowest BCUT2D eigenvalue weighted by Crippen LogP contribution is -2.43. The normalized spacial score (nSPS) is 28.7. The maximum absolute atomic E-state index is 10.9. The number of sulfone groups is 1. The number of hydrogen-bond donors (Lipinski definition) is 1. The molecular weight excluding hydrogens is 164 g/mol. The van der Waals surface area contributed by atoms with E-state index in [2.05, 4.69) is 5.32 Å². The zero-order chi connectivity index (χ0) is 8.48. The second-order valence-corrected chi connectivity index (χ2v) is 5.11. The SMILES string of the molecule is CS(=O)(=O)C(N)[C@@H]1CCC[N]1. The lowest BCUT2D eigenvalue weighted by atomic mass is 10.2. The van der Waals surface area contributed by atoms with Crippen LogP contribution in [0.3, 0.4) is 0 Å². The molecule has 0 saturated carbocycles. The monoisotopic (exact) mass is 177 g/mol. The molecule has 0 aromatic heterocycles. The minimum absolute atomic E-state index is 0.162. The molecule has 2 atom stereocenters. The standard InChI is InChI=1S/C6H13N2O2S/c1-11(9,10)6(7)5-3-2-4-8-5/h5-6H,2-4,7H2,1H3/t5-,6?/m0/s1. The van der Waals surface area contributed by atoms with Crippen LogP contribution in [0.1, 0.15) is 12.8 Å². The van der Waals surface area contributed by atoms with Gasteiger partial charge in [-0.05, 0) is 12.8 Å². The van der Waals surface area contributed by atoms with E-state index in [1.54, 1.807) is 0 Å². The molecule has 1 radical (unpaired) electrons. The molecule has 11 heavy (non-hydrogen) atoms. The van der Waals surface area contributed by atoms with Crippen LogP contribution in [0.4, 0.5) is 0 Å². The van der Waals surface area contributed by atoms with Crippen molar-refractivity contribution in [3.8, 4) is 0 Å². The van der Waals surface area contributed by atoms with Crippen molar-refractivity contribution in [2.24, 2.45) is 5.73 Å². The summed E-state index contributed by atoms with van der Waals surface area (Å²) in [6.07, 6.45) is 2.94. The summed E-state index contributed by atoms with van der Waals surface area (Å²) in [4.78, 5) is 0. The van der Waals surface area contributed by atoms with Gasteiger partial charge in [0, 0.05) is 12.8 Å². The van der Waals surface area contributed by atoms with Gasteiger partial charge in [0.05, 0.1) is 6.04 Å². The molecule has 0 bridgehead atoms. The van der Waals surface area contributed by atoms with Gasteiger partial charge in [-0.3, -0.25) is 0 Å².